The maximum Gasteiger partial charge on any atom is 0.417 e. The van der Waals surface area contributed by atoms with E-state index in [1.807, 2.05) is 12.1 Å². The quantitative estimate of drug-likeness (QED) is 0.511. The Morgan fingerprint density at radius 2 is 1.71 bits per heavy atom. The number of nitrogens with one attached hydrogen (secondary N) is 1. The summed E-state index contributed by atoms with van der Waals surface area (Å²) in [4.78, 5) is 8.32. The van der Waals surface area contributed by atoms with Crippen LogP contribution >= 0.6 is 11.6 Å². The van der Waals surface area contributed by atoms with Crippen molar-refractivity contribution in [3.63, 3.8) is 0 Å². The zero-order valence-corrected chi connectivity index (χ0v) is 15.0. The van der Waals surface area contributed by atoms with Gasteiger partial charge in [-0.3, -0.25) is 5.10 Å². The minimum absolute atomic E-state index is 0.0645. The van der Waals surface area contributed by atoms with Crippen molar-refractivity contribution in [2.24, 2.45) is 0 Å². The fourth-order valence-corrected chi connectivity index (χ4v) is 3.12. The second-order valence-electron chi connectivity index (χ2n) is 6.18. The minimum Gasteiger partial charge on any atom is -0.383 e. The topological polar surface area (TPSA) is 80.5 Å². The van der Waals surface area contributed by atoms with Crippen LogP contribution in [0.5, 0.6) is 0 Å². The number of nitrogen functional groups attached to an aromatic ring is 1. The Morgan fingerprint density at radius 3 is 2.43 bits per heavy atom. The highest BCUT2D eigenvalue weighted by Crippen LogP contribution is 2.36. The van der Waals surface area contributed by atoms with E-state index in [0.717, 1.165) is 11.6 Å². The molecule has 0 amide bonds. The van der Waals surface area contributed by atoms with Crippen LogP contribution in [0.1, 0.15) is 16.8 Å². The molecule has 0 bridgehead atoms. The Balaban J connectivity index is 1.78. The van der Waals surface area contributed by atoms with Crippen LogP contribution in [0.4, 0.5) is 19.0 Å². The normalized spacial score (nSPS) is 11.9. The molecular weight excluding hydrogens is 391 g/mol. The van der Waals surface area contributed by atoms with E-state index in [0.29, 0.717) is 22.5 Å². The number of alkyl halides is 3. The number of hydrogen-bond donors (Lipinski definition) is 2. The van der Waals surface area contributed by atoms with Gasteiger partial charge in [0.15, 0.2) is 11.5 Å². The van der Waals surface area contributed by atoms with Gasteiger partial charge in [-0.05, 0) is 23.8 Å². The third kappa shape index (κ3) is 3.38. The molecule has 5 nitrogen and oxygen atoms in total. The molecule has 0 spiro atoms. The van der Waals surface area contributed by atoms with Gasteiger partial charge >= 0.3 is 6.18 Å². The SMILES string of the molecule is Nc1nc(-c2ccccc2C(F)(F)F)nc2n[nH]c(Cc3ccc(Cl)cc3)c12. The van der Waals surface area contributed by atoms with E-state index in [4.69, 9.17) is 17.3 Å². The van der Waals surface area contributed by atoms with Crippen LogP contribution in [0, 0.1) is 0 Å². The maximum atomic E-state index is 13.3. The molecule has 0 fully saturated rings. The first-order chi connectivity index (χ1) is 13.3. The van der Waals surface area contributed by atoms with E-state index in [1.165, 1.54) is 18.2 Å². The molecule has 0 saturated carbocycles. The summed E-state index contributed by atoms with van der Waals surface area (Å²) in [5.74, 6) is -0.0582. The van der Waals surface area contributed by atoms with E-state index >= 15 is 0 Å². The number of anilines is 1. The van der Waals surface area contributed by atoms with Crippen molar-refractivity contribution in [3.05, 3.63) is 70.4 Å². The highest BCUT2D eigenvalue weighted by Gasteiger charge is 2.34. The van der Waals surface area contributed by atoms with E-state index in [9.17, 15) is 13.2 Å². The molecule has 0 aliphatic rings. The molecule has 0 aliphatic heterocycles. The molecule has 2 aromatic carbocycles. The lowest BCUT2D eigenvalue weighted by Gasteiger charge is -2.12. The number of aromatic amines is 1. The molecule has 0 atom stereocenters. The molecule has 142 valence electrons. The highest BCUT2D eigenvalue weighted by molar-refractivity contribution is 6.30. The van der Waals surface area contributed by atoms with Gasteiger partial charge in [0.1, 0.15) is 5.82 Å². The lowest BCUT2D eigenvalue weighted by molar-refractivity contribution is -0.137. The minimum atomic E-state index is -4.53. The summed E-state index contributed by atoms with van der Waals surface area (Å²) in [7, 11) is 0. The summed E-state index contributed by atoms with van der Waals surface area (Å²) in [6, 6.07) is 12.3. The standard InChI is InChI=1S/C19H13ClF3N5/c20-11-7-5-10(6-8-11)9-14-15-16(24)25-17(26-18(15)28-27-14)12-3-1-2-4-13(12)19(21,22)23/h1-8H,9H2,(H3,24,25,26,27,28). The molecule has 3 N–H and O–H groups in total. The zero-order chi connectivity index (χ0) is 19.9. The first kappa shape index (κ1) is 18.2. The Bertz CT molecular complexity index is 1150. The van der Waals surface area contributed by atoms with Gasteiger partial charge in [-0.25, -0.2) is 9.97 Å². The first-order valence-electron chi connectivity index (χ1n) is 8.24. The summed E-state index contributed by atoms with van der Waals surface area (Å²) < 4.78 is 39.9. The fraction of sp³-hybridized carbons (Fsp3) is 0.105. The molecule has 0 saturated heterocycles. The van der Waals surface area contributed by atoms with Crippen molar-refractivity contribution < 1.29 is 13.2 Å². The van der Waals surface area contributed by atoms with Gasteiger partial charge in [-0.1, -0.05) is 41.9 Å². The number of aromatic nitrogens is 4. The summed E-state index contributed by atoms with van der Waals surface area (Å²) in [5, 5.41) is 8.07. The Morgan fingerprint density at radius 1 is 1.00 bits per heavy atom. The monoisotopic (exact) mass is 403 g/mol. The third-order valence-electron chi connectivity index (χ3n) is 4.28. The lowest BCUT2D eigenvalue weighted by atomic mass is 10.1. The van der Waals surface area contributed by atoms with Gasteiger partial charge in [0.2, 0.25) is 0 Å². The van der Waals surface area contributed by atoms with Crippen LogP contribution in [0.25, 0.3) is 22.4 Å². The average Bonchev–Trinajstić information content (AvgIpc) is 3.06. The van der Waals surface area contributed by atoms with E-state index in [-0.39, 0.29) is 22.9 Å². The van der Waals surface area contributed by atoms with Gasteiger partial charge in [0.25, 0.3) is 0 Å². The van der Waals surface area contributed by atoms with Gasteiger partial charge < -0.3 is 5.73 Å². The summed E-state index contributed by atoms with van der Waals surface area (Å²) >= 11 is 5.89. The highest BCUT2D eigenvalue weighted by atomic mass is 35.5. The van der Waals surface area contributed by atoms with Crippen LogP contribution in [0.3, 0.4) is 0 Å². The van der Waals surface area contributed by atoms with Crippen LogP contribution in [-0.2, 0) is 12.6 Å². The van der Waals surface area contributed by atoms with Crippen molar-refractivity contribution in [1.82, 2.24) is 20.2 Å². The molecule has 4 aromatic rings. The van der Waals surface area contributed by atoms with Gasteiger partial charge in [-0.2, -0.15) is 18.3 Å². The summed E-state index contributed by atoms with van der Waals surface area (Å²) in [6.07, 6.45) is -4.06. The third-order valence-corrected chi connectivity index (χ3v) is 4.54. The van der Waals surface area contributed by atoms with Crippen LogP contribution in [0.15, 0.2) is 48.5 Å². The number of rotatable bonds is 3. The number of benzene rings is 2. The van der Waals surface area contributed by atoms with E-state index < -0.39 is 11.7 Å². The molecule has 0 aliphatic carbocycles. The van der Waals surface area contributed by atoms with Crippen LogP contribution < -0.4 is 5.73 Å². The predicted molar refractivity (Wildman–Crippen MR) is 101 cm³/mol. The second-order valence-corrected chi connectivity index (χ2v) is 6.62. The smallest absolute Gasteiger partial charge is 0.383 e. The molecule has 0 unspecified atom stereocenters. The number of hydrogen-bond acceptors (Lipinski definition) is 4. The zero-order valence-electron chi connectivity index (χ0n) is 14.3. The Kier molecular flexibility index (Phi) is 4.43. The number of halogens is 4. The second kappa shape index (κ2) is 6.79. The van der Waals surface area contributed by atoms with Crippen molar-refractivity contribution in [3.8, 4) is 11.4 Å². The molecular formula is C19H13ClF3N5. The number of nitrogens with two attached hydrogens (primary N) is 1. The molecule has 4 rings (SSSR count). The maximum absolute atomic E-state index is 13.3. The number of H-pyrrole nitrogens is 1. The molecule has 2 heterocycles. The van der Waals surface area contributed by atoms with Crippen molar-refractivity contribution in [2.75, 3.05) is 5.73 Å². The van der Waals surface area contributed by atoms with E-state index in [2.05, 4.69) is 20.2 Å². The summed E-state index contributed by atoms with van der Waals surface area (Å²) in [5.41, 5.74) is 6.93. The average molecular weight is 404 g/mol. The van der Waals surface area contributed by atoms with Gasteiger partial charge in [0.05, 0.1) is 16.6 Å². The Labute approximate surface area is 162 Å². The predicted octanol–water partition coefficient (Wildman–Crippen LogP) is 4.87. The lowest BCUT2D eigenvalue weighted by Crippen LogP contribution is -2.08. The summed E-state index contributed by atoms with van der Waals surface area (Å²) in [6.45, 7) is 0. The van der Waals surface area contributed by atoms with E-state index in [1.54, 1.807) is 12.1 Å². The van der Waals surface area contributed by atoms with Crippen molar-refractivity contribution >= 4 is 28.5 Å². The first-order valence-corrected chi connectivity index (χ1v) is 8.62. The molecule has 28 heavy (non-hydrogen) atoms. The number of nitrogens with zero attached hydrogens (tertiary/aromatic N) is 3. The van der Waals surface area contributed by atoms with Crippen LogP contribution in [0.2, 0.25) is 5.02 Å². The molecule has 9 heteroatoms. The molecule has 0 radical (unpaired) electrons. The van der Waals surface area contributed by atoms with Gasteiger partial charge in [-0.15, -0.1) is 0 Å². The van der Waals surface area contributed by atoms with Crippen LogP contribution in [-0.4, -0.2) is 20.2 Å². The van der Waals surface area contributed by atoms with Gasteiger partial charge in [0, 0.05) is 17.0 Å². The largest absolute Gasteiger partial charge is 0.417 e. The number of fused-ring (bicyclic) bond motifs is 1. The fourth-order valence-electron chi connectivity index (χ4n) is 2.99. The van der Waals surface area contributed by atoms with Crippen molar-refractivity contribution in [2.45, 2.75) is 12.6 Å². The van der Waals surface area contributed by atoms with Crippen molar-refractivity contribution in [1.29, 1.82) is 0 Å². The Hall–Kier alpha value is -3.13. The molecule has 2 aromatic heterocycles.